The Labute approximate surface area is 206 Å². The fourth-order valence-electron chi connectivity index (χ4n) is 3.71. The van der Waals surface area contributed by atoms with E-state index in [2.05, 4.69) is 4.57 Å². The highest BCUT2D eigenvalue weighted by Gasteiger charge is 2.36. The van der Waals surface area contributed by atoms with Crippen molar-refractivity contribution in [2.75, 3.05) is 6.61 Å². The van der Waals surface area contributed by atoms with Gasteiger partial charge in [0.25, 0.3) is 11.1 Å². The zero-order valence-corrected chi connectivity index (χ0v) is 20.5. The number of ether oxygens (including phenoxy) is 1. The summed E-state index contributed by atoms with van der Waals surface area (Å²) in [6.07, 6.45) is 1.77. The quantitative estimate of drug-likeness (QED) is 0.337. The van der Waals surface area contributed by atoms with Gasteiger partial charge >= 0.3 is 0 Å². The smallest absolute Gasteiger partial charge is 0.293 e. The van der Waals surface area contributed by atoms with Crippen LogP contribution in [-0.4, -0.2) is 27.2 Å². The molecule has 1 fully saturated rings. The van der Waals surface area contributed by atoms with Crippen molar-refractivity contribution in [3.05, 3.63) is 92.1 Å². The summed E-state index contributed by atoms with van der Waals surface area (Å²) in [5, 5.41) is 0.505. The molecule has 0 aliphatic carbocycles. The van der Waals surface area contributed by atoms with Gasteiger partial charge in [-0.2, -0.15) is 0 Å². The minimum Gasteiger partial charge on any atom is -0.492 e. The number of para-hydroxylation sites is 1. The lowest BCUT2D eigenvalue weighted by Gasteiger charge is -2.14. The maximum absolute atomic E-state index is 13.0. The largest absolute Gasteiger partial charge is 0.492 e. The number of benzene rings is 2. The topological polar surface area (TPSA) is 51.5 Å². The lowest BCUT2D eigenvalue weighted by atomic mass is 10.2. The van der Waals surface area contributed by atoms with Crippen molar-refractivity contribution in [2.45, 2.75) is 26.9 Å². The Morgan fingerprint density at radius 2 is 1.70 bits per heavy atom. The highest BCUT2D eigenvalue weighted by Crippen LogP contribution is 2.36. The molecule has 0 spiro atoms. The number of halogens is 2. The standard InChI is InChI=1S/C25H22Cl2N2O3S/c1-16-13-18(17(2)28(16)11-12-32-19-7-4-3-5-8-19)14-23-24(30)29(25(31)33-23)15-20-21(26)9-6-10-22(20)27/h3-10,13-14H,11-12,15H2,1-2H3/b23-14-. The number of aromatic nitrogens is 1. The van der Waals surface area contributed by atoms with Gasteiger partial charge in [0, 0.05) is 27.0 Å². The van der Waals surface area contributed by atoms with Crippen molar-refractivity contribution in [2.24, 2.45) is 0 Å². The minimum absolute atomic E-state index is 0.0381. The summed E-state index contributed by atoms with van der Waals surface area (Å²) < 4.78 is 7.96. The molecule has 2 aromatic carbocycles. The SMILES string of the molecule is Cc1cc(/C=C2\SC(=O)N(Cc3c(Cl)cccc3Cl)C2=O)c(C)n1CCOc1ccccc1. The van der Waals surface area contributed by atoms with Crippen molar-refractivity contribution in [3.8, 4) is 5.75 Å². The Balaban J connectivity index is 1.49. The van der Waals surface area contributed by atoms with E-state index in [1.54, 1.807) is 24.3 Å². The van der Waals surface area contributed by atoms with E-state index in [-0.39, 0.29) is 17.7 Å². The van der Waals surface area contributed by atoms with Gasteiger partial charge in [0.05, 0.1) is 18.0 Å². The van der Waals surface area contributed by atoms with Crippen LogP contribution in [0.3, 0.4) is 0 Å². The van der Waals surface area contributed by atoms with Crippen LogP contribution in [0.1, 0.15) is 22.5 Å². The number of rotatable bonds is 7. The molecule has 3 aromatic rings. The molecule has 1 aliphatic rings. The Morgan fingerprint density at radius 3 is 2.39 bits per heavy atom. The first-order chi connectivity index (χ1) is 15.8. The zero-order valence-electron chi connectivity index (χ0n) is 18.2. The lowest BCUT2D eigenvalue weighted by molar-refractivity contribution is -0.123. The van der Waals surface area contributed by atoms with Gasteiger partial charge in [-0.25, -0.2) is 0 Å². The first-order valence-electron chi connectivity index (χ1n) is 10.4. The Bertz CT molecular complexity index is 1220. The van der Waals surface area contributed by atoms with Gasteiger partial charge in [0.1, 0.15) is 12.4 Å². The number of carbonyl (C=O) groups excluding carboxylic acids is 2. The summed E-state index contributed by atoms with van der Waals surface area (Å²) in [5.41, 5.74) is 3.51. The van der Waals surface area contributed by atoms with E-state index in [0.29, 0.717) is 33.7 Å². The van der Waals surface area contributed by atoms with Gasteiger partial charge in [-0.15, -0.1) is 0 Å². The molecule has 0 unspecified atom stereocenters. The van der Waals surface area contributed by atoms with Gasteiger partial charge < -0.3 is 9.30 Å². The molecule has 0 atom stereocenters. The van der Waals surface area contributed by atoms with Crippen LogP contribution in [-0.2, 0) is 17.9 Å². The molecular formula is C25H22Cl2N2O3S. The van der Waals surface area contributed by atoms with Crippen molar-refractivity contribution in [1.82, 2.24) is 9.47 Å². The minimum atomic E-state index is -0.349. The molecule has 0 bridgehead atoms. The van der Waals surface area contributed by atoms with Crippen LogP contribution in [0.2, 0.25) is 10.0 Å². The van der Waals surface area contributed by atoms with E-state index >= 15 is 0 Å². The van der Waals surface area contributed by atoms with Gasteiger partial charge in [-0.05, 0) is 67.6 Å². The molecule has 2 heterocycles. The molecule has 1 aliphatic heterocycles. The van der Waals surface area contributed by atoms with E-state index in [1.165, 1.54) is 4.90 Å². The normalized spacial score (nSPS) is 15.0. The molecule has 33 heavy (non-hydrogen) atoms. The molecule has 1 saturated heterocycles. The number of imide groups is 1. The van der Waals surface area contributed by atoms with Crippen LogP contribution < -0.4 is 4.74 Å². The molecule has 5 nitrogen and oxygen atoms in total. The number of nitrogens with zero attached hydrogens (tertiary/aromatic N) is 2. The number of amides is 2. The summed E-state index contributed by atoms with van der Waals surface area (Å²) in [6.45, 7) is 5.24. The number of aryl methyl sites for hydroxylation is 1. The average molecular weight is 501 g/mol. The lowest BCUT2D eigenvalue weighted by Crippen LogP contribution is -2.27. The summed E-state index contributed by atoms with van der Waals surface area (Å²) in [6, 6.07) is 16.8. The first-order valence-corrected chi connectivity index (χ1v) is 11.9. The van der Waals surface area contributed by atoms with Crippen LogP contribution in [0.5, 0.6) is 5.75 Å². The average Bonchev–Trinajstić information content (AvgIpc) is 3.21. The van der Waals surface area contributed by atoms with E-state index < -0.39 is 0 Å². The molecule has 4 rings (SSSR count). The second kappa shape index (κ2) is 10.1. The fourth-order valence-corrected chi connectivity index (χ4v) is 5.05. The molecule has 2 amide bonds. The summed E-state index contributed by atoms with van der Waals surface area (Å²) in [4.78, 5) is 27.1. The molecule has 0 radical (unpaired) electrons. The Morgan fingerprint density at radius 1 is 1.00 bits per heavy atom. The maximum atomic E-state index is 13.0. The van der Waals surface area contributed by atoms with Gasteiger partial charge in [0.2, 0.25) is 0 Å². The van der Waals surface area contributed by atoms with Crippen molar-refractivity contribution >= 4 is 52.2 Å². The highest BCUT2D eigenvalue weighted by molar-refractivity contribution is 8.18. The maximum Gasteiger partial charge on any atom is 0.293 e. The monoisotopic (exact) mass is 500 g/mol. The molecule has 0 N–H and O–H groups in total. The highest BCUT2D eigenvalue weighted by atomic mass is 35.5. The third-order valence-corrected chi connectivity index (χ3v) is 7.09. The Hall–Kier alpha value is -2.67. The van der Waals surface area contributed by atoms with E-state index in [9.17, 15) is 9.59 Å². The van der Waals surface area contributed by atoms with Crippen LogP contribution in [0.15, 0.2) is 59.5 Å². The van der Waals surface area contributed by atoms with Gasteiger partial charge in [0.15, 0.2) is 0 Å². The third-order valence-electron chi connectivity index (χ3n) is 5.48. The predicted molar refractivity (Wildman–Crippen MR) is 134 cm³/mol. The van der Waals surface area contributed by atoms with Gasteiger partial charge in [-0.1, -0.05) is 47.5 Å². The summed E-state index contributed by atoms with van der Waals surface area (Å²) in [7, 11) is 0. The number of hydrogen-bond donors (Lipinski definition) is 0. The third kappa shape index (κ3) is 5.13. The van der Waals surface area contributed by atoms with Crippen molar-refractivity contribution in [3.63, 3.8) is 0 Å². The number of thioether (sulfide) groups is 1. The molecule has 0 saturated carbocycles. The van der Waals surface area contributed by atoms with Crippen LogP contribution in [0.4, 0.5) is 4.79 Å². The zero-order chi connectivity index (χ0) is 23.5. The van der Waals surface area contributed by atoms with Crippen molar-refractivity contribution in [1.29, 1.82) is 0 Å². The fraction of sp³-hybridized carbons (Fsp3) is 0.200. The summed E-state index contributed by atoms with van der Waals surface area (Å²) >= 11 is 13.4. The predicted octanol–water partition coefficient (Wildman–Crippen LogP) is 6.73. The summed E-state index contributed by atoms with van der Waals surface area (Å²) in [5.74, 6) is 0.477. The van der Waals surface area contributed by atoms with Crippen molar-refractivity contribution < 1.29 is 14.3 Å². The molecule has 170 valence electrons. The first kappa shape index (κ1) is 23.5. The number of carbonyl (C=O) groups is 2. The van der Waals surface area contributed by atoms with E-state index in [1.807, 2.05) is 50.2 Å². The van der Waals surface area contributed by atoms with E-state index in [4.69, 9.17) is 27.9 Å². The molecule has 8 heteroatoms. The Kier molecular flexibility index (Phi) is 7.17. The van der Waals surface area contributed by atoms with Crippen LogP contribution >= 0.6 is 35.0 Å². The second-order valence-electron chi connectivity index (χ2n) is 7.61. The van der Waals surface area contributed by atoms with Crippen LogP contribution in [0.25, 0.3) is 6.08 Å². The molecule has 1 aromatic heterocycles. The second-order valence-corrected chi connectivity index (χ2v) is 9.42. The van der Waals surface area contributed by atoms with Gasteiger partial charge in [-0.3, -0.25) is 14.5 Å². The number of hydrogen-bond acceptors (Lipinski definition) is 4. The molecular weight excluding hydrogens is 479 g/mol. The van der Waals surface area contributed by atoms with E-state index in [0.717, 1.165) is 34.5 Å². The van der Waals surface area contributed by atoms with Crippen LogP contribution in [0, 0.1) is 13.8 Å².